The van der Waals surface area contributed by atoms with E-state index in [1.165, 1.54) is 20.5 Å². The van der Waals surface area contributed by atoms with Gasteiger partial charge in [0.1, 0.15) is 0 Å². The first-order valence-corrected chi connectivity index (χ1v) is 8.86. The summed E-state index contributed by atoms with van der Waals surface area (Å²) in [6, 6.07) is 0. The zero-order valence-corrected chi connectivity index (χ0v) is 13.6. The van der Waals surface area contributed by atoms with E-state index in [1.54, 1.807) is 22.7 Å². The molecule has 0 saturated heterocycles. The molecule has 0 aliphatic heterocycles. The summed E-state index contributed by atoms with van der Waals surface area (Å²) in [6.45, 7) is 4.23. The largest absolute Gasteiger partial charge is 0.293 e. The highest BCUT2D eigenvalue weighted by Gasteiger charge is 2.28. The fourth-order valence-electron chi connectivity index (χ4n) is 2.96. The van der Waals surface area contributed by atoms with Crippen molar-refractivity contribution in [2.75, 3.05) is 0 Å². The fourth-order valence-corrected chi connectivity index (χ4v) is 5.76. The van der Waals surface area contributed by atoms with Crippen LogP contribution in [0.2, 0.25) is 0 Å². The van der Waals surface area contributed by atoms with Gasteiger partial charge in [0, 0.05) is 16.7 Å². The van der Waals surface area contributed by atoms with Crippen LogP contribution in [0, 0.1) is 19.8 Å². The summed E-state index contributed by atoms with van der Waals surface area (Å²) in [5.74, 6) is 0.552. The maximum atomic E-state index is 12.7. The summed E-state index contributed by atoms with van der Waals surface area (Å²) >= 11 is 9.57. The molecule has 2 heterocycles. The number of halogens is 1. The van der Waals surface area contributed by atoms with Crippen LogP contribution in [-0.2, 0) is 0 Å². The Bertz CT molecular complexity index is 617. The van der Waals surface area contributed by atoms with Crippen LogP contribution in [0.25, 0.3) is 9.40 Å². The Balaban J connectivity index is 1.91. The molecule has 1 aliphatic carbocycles. The molecule has 2 aromatic heterocycles. The number of ketones is 1. The Morgan fingerprint density at radius 2 is 1.95 bits per heavy atom. The van der Waals surface area contributed by atoms with Gasteiger partial charge in [-0.1, -0.05) is 0 Å². The minimum absolute atomic E-state index is 0.196. The molecule has 1 nitrogen and oxygen atoms in total. The molecule has 19 heavy (non-hydrogen) atoms. The molecule has 2 aromatic rings. The quantitative estimate of drug-likeness (QED) is 0.524. The third-order valence-corrected chi connectivity index (χ3v) is 7.07. The standard InChI is InChI=1S/C15H17ClOS2/c1-8-7-18-15-12(8)9(2)14(19-15)13(17)10-3-5-11(16)6-4-10/h7,10-11H,3-6H2,1-2H3. The molecular weight excluding hydrogens is 296 g/mol. The molecule has 0 bridgehead atoms. The van der Waals surface area contributed by atoms with Gasteiger partial charge in [0.15, 0.2) is 5.78 Å². The van der Waals surface area contributed by atoms with Crippen molar-refractivity contribution < 1.29 is 4.79 Å². The summed E-state index contributed by atoms with van der Waals surface area (Å²) in [5.41, 5.74) is 2.49. The number of hydrogen-bond donors (Lipinski definition) is 0. The zero-order valence-electron chi connectivity index (χ0n) is 11.2. The van der Waals surface area contributed by atoms with Gasteiger partial charge in [0.05, 0.1) is 8.89 Å². The van der Waals surface area contributed by atoms with E-state index in [9.17, 15) is 4.79 Å². The van der Waals surface area contributed by atoms with Crippen molar-refractivity contribution in [2.24, 2.45) is 5.92 Å². The Labute approximate surface area is 126 Å². The second kappa shape index (κ2) is 5.19. The first-order chi connectivity index (χ1) is 9.08. The molecule has 1 aliphatic rings. The number of alkyl halides is 1. The van der Waals surface area contributed by atoms with E-state index >= 15 is 0 Å². The molecule has 3 rings (SSSR count). The maximum absolute atomic E-state index is 12.7. The predicted octanol–water partition coefficient (Wildman–Crippen LogP) is 5.56. The molecule has 0 amide bonds. The van der Waals surface area contributed by atoms with Gasteiger partial charge in [-0.15, -0.1) is 34.3 Å². The van der Waals surface area contributed by atoms with Crippen molar-refractivity contribution in [3.8, 4) is 0 Å². The van der Waals surface area contributed by atoms with E-state index in [0.717, 1.165) is 30.6 Å². The number of carbonyl (C=O) groups is 1. The third-order valence-electron chi connectivity index (χ3n) is 4.10. The summed E-state index contributed by atoms with van der Waals surface area (Å²) in [4.78, 5) is 13.7. The van der Waals surface area contributed by atoms with E-state index in [1.807, 2.05) is 0 Å². The smallest absolute Gasteiger partial charge is 0.176 e. The normalized spacial score (nSPS) is 23.9. The Morgan fingerprint density at radius 3 is 2.58 bits per heavy atom. The van der Waals surface area contributed by atoms with E-state index in [2.05, 4.69) is 19.2 Å². The number of rotatable bonds is 2. The molecule has 0 aromatic carbocycles. The average Bonchev–Trinajstić information content (AvgIpc) is 2.91. The van der Waals surface area contributed by atoms with Gasteiger partial charge in [-0.3, -0.25) is 4.79 Å². The van der Waals surface area contributed by atoms with Gasteiger partial charge in [-0.25, -0.2) is 0 Å². The molecule has 0 N–H and O–H groups in total. The van der Waals surface area contributed by atoms with E-state index in [0.29, 0.717) is 5.78 Å². The van der Waals surface area contributed by atoms with E-state index in [4.69, 9.17) is 11.6 Å². The van der Waals surface area contributed by atoms with Gasteiger partial charge in [0.25, 0.3) is 0 Å². The minimum Gasteiger partial charge on any atom is -0.293 e. The number of hydrogen-bond acceptors (Lipinski definition) is 3. The first kappa shape index (κ1) is 13.6. The average molecular weight is 313 g/mol. The lowest BCUT2D eigenvalue weighted by Gasteiger charge is -2.23. The van der Waals surface area contributed by atoms with Gasteiger partial charge in [-0.2, -0.15) is 0 Å². The molecule has 0 atom stereocenters. The topological polar surface area (TPSA) is 17.1 Å². The van der Waals surface area contributed by atoms with Crippen LogP contribution in [0.15, 0.2) is 5.38 Å². The van der Waals surface area contributed by atoms with E-state index in [-0.39, 0.29) is 11.3 Å². The van der Waals surface area contributed by atoms with Crippen LogP contribution in [0.3, 0.4) is 0 Å². The number of thiophene rings is 2. The van der Waals surface area contributed by atoms with E-state index < -0.39 is 0 Å². The van der Waals surface area contributed by atoms with Crippen molar-refractivity contribution >= 4 is 49.5 Å². The van der Waals surface area contributed by atoms with Crippen molar-refractivity contribution in [2.45, 2.75) is 44.9 Å². The van der Waals surface area contributed by atoms with Crippen molar-refractivity contribution in [3.63, 3.8) is 0 Å². The summed E-state index contributed by atoms with van der Waals surface area (Å²) in [6.07, 6.45) is 3.87. The second-order valence-corrected chi connectivity index (χ2v) is 8.23. The van der Waals surface area contributed by atoms with Crippen LogP contribution in [-0.4, -0.2) is 11.2 Å². The molecule has 0 radical (unpaired) electrons. The third kappa shape index (κ3) is 2.37. The molecule has 1 saturated carbocycles. The summed E-state index contributed by atoms with van der Waals surface area (Å²) < 4.78 is 1.30. The number of carbonyl (C=O) groups excluding carboxylic acids is 1. The number of fused-ring (bicyclic) bond motifs is 1. The lowest BCUT2D eigenvalue weighted by Crippen LogP contribution is -2.22. The molecule has 4 heteroatoms. The minimum atomic E-state index is 0.196. The van der Waals surface area contributed by atoms with Crippen LogP contribution < -0.4 is 0 Å². The van der Waals surface area contributed by atoms with Gasteiger partial charge >= 0.3 is 0 Å². The lowest BCUT2D eigenvalue weighted by atomic mass is 9.85. The monoisotopic (exact) mass is 312 g/mol. The number of aryl methyl sites for hydroxylation is 2. The van der Waals surface area contributed by atoms with Crippen LogP contribution in [0.4, 0.5) is 0 Å². The Kier molecular flexibility index (Phi) is 3.71. The summed E-state index contributed by atoms with van der Waals surface area (Å²) in [7, 11) is 0. The van der Waals surface area contributed by atoms with Crippen molar-refractivity contribution in [1.82, 2.24) is 0 Å². The number of Topliss-reactive ketones (excluding diaryl/α,β-unsaturated/α-hetero) is 1. The second-order valence-electron chi connectivity index (χ2n) is 5.45. The Morgan fingerprint density at radius 1 is 1.26 bits per heavy atom. The zero-order chi connectivity index (χ0) is 13.6. The van der Waals surface area contributed by atoms with Crippen LogP contribution in [0.1, 0.15) is 46.5 Å². The van der Waals surface area contributed by atoms with Crippen LogP contribution in [0.5, 0.6) is 0 Å². The van der Waals surface area contributed by atoms with Crippen molar-refractivity contribution in [3.05, 3.63) is 21.4 Å². The molecule has 1 fully saturated rings. The van der Waals surface area contributed by atoms with Gasteiger partial charge < -0.3 is 0 Å². The van der Waals surface area contributed by atoms with Gasteiger partial charge in [0.2, 0.25) is 0 Å². The van der Waals surface area contributed by atoms with Gasteiger partial charge in [-0.05, 0) is 56.0 Å². The maximum Gasteiger partial charge on any atom is 0.176 e. The molecule has 102 valence electrons. The molecule has 0 unspecified atom stereocenters. The summed E-state index contributed by atoms with van der Waals surface area (Å²) in [5, 5.41) is 3.77. The Hall–Kier alpha value is -0.380. The predicted molar refractivity (Wildman–Crippen MR) is 85.1 cm³/mol. The highest BCUT2D eigenvalue weighted by Crippen LogP contribution is 2.40. The van der Waals surface area contributed by atoms with Crippen LogP contribution >= 0.6 is 34.3 Å². The van der Waals surface area contributed by atoms with Crippen molar-refractivity contribution in [1.29, 1.82) is 0 Å². The lowest BCUT2D eigenvalue weighted by molar-refractivity contribution is 0.0894. The molecular formula is C15H17ClOS2. The first-order valence-electron chi connectivity index (χ1n) is 6.73. The fraction of sp³-hybridized carbons (Fsp3) is 0.533. The molecule has 0 spiro atoms. The highest BCUT2D eigenvalue weighted by atomic mass is 35.5. The highest BCUT2D eigenvalue weighted by molar-refractivity contribution is 7.38. The SMILES string of the molecule is Cc1csc2sc(C(=O)C3CCC(Cl)CC3)c(C)c12.